The fraction of sp³-hybridized carbons (Fsp3) is 0.533. The number of nitrogens with two attached hydrogens (primary N) is 1. The number of hydrogen-bond donors (Lipinski definition) is 1. The molecule has 1 aromatic rings. The Morgan fingerprint density at radius 3 is 2.28 bits per heavy atom. The maximum absolute atomic E-state index is 12.0. The Labute approximate surface area is 109 Å². The van der Waals surface area contributed by atoms with E-state index < -0.39 is 5.60 Å². The van der Waals surface area contributed by atoms with Gasteiger partial charge in [0, 0.05) is 5.69 Å². The van der Waals surface area contributed by atoms with Gasteiger partial charge >= 0.3 is 5.97 Å². The lowest BCUT2D eigenvalue weighted by atomic mass is 9.96. The van der Waals surface area contributed by atoms with Crippen LogP contribution in [0.3, 0.4) is 0 Å². The van der Waals surface area contributed by atoms with Crippen LogP contribution in [0.2, 0.25) is 0 Å². The summed E-state index contributed by atoms with van der Waals surface area (Å²) in [5.41, 5.74) is 7.07. The van der Waals surface area contributed by atoms with Crippen LogP contribution in [-0.2, 0) is 16.0 Å². The highest BCUT2D eigenvalue weighted by Crippen LogP contribution is 2.18. The van der Waals surface area contributed by atoms with Crippen LogP contribution >= 0.6 is 0 Å². The number of nitrogen functional groups attached to an aromatic ring is 1. The standard InChI is InChI=1S/C15H23NO2/c1-5-12(14(17)18-15(2,3)4)10-11-6-8-13(16)9-7-11/h6-9,12H,5,10,16H2,1-4H3. The summed E-state index contributed by atoms with van der Waals surface area (Å²) in [6.45, 7) is 7.67. The monoisotopic (exact) mass is 249 g/mol. The highest BCUT2D eigenvalue weighted by Gasteiger charge is 2.23. The van der Waals surface area contributed by atoms with E-state index in [1.165, 1.54) is 0 Å². The first-order valence-electron chi connectivity index (χ1n) is 6.39. The van der Waals surface area contributed by atoms with Crippen molar-refractivity contribution in [1.29, 1.82) is 0 Å². The van der Waals surface area contributed by atoms with Crippen molar-refractivity contribution in [3.63, 3.8) is 0 Å². The summed E-state index contributed by atoms with van der Waals surface area (Å²) in [5, 5.41) is 0. The predicted octanol–water partition coefficient (Wildman–Crippen LogP) is 3.18. The molecule has 0 aromatic heterocycles. The van der Waals surface area contributed by atoms with Gasteiger partial charge < -0.3 is 10.5 Å². The highest BCUT2D eigenvalue weighted by molar-refractivity contribution is 5.73. The maximum atomic E-state index is 12.0. The van der Waals surface area contributed by atoms with E-state index in [2.05, 4.69) is 0 Å². The zero-order valence-corrected chi connectivity index (χ0v) is 11.7. The molecular formula is C15H23NO2. The SMILES string of the molecule is CCC(Cc1ccc(N)cc1)C(=O)OC(C)(C)C. The van der Waals surface area contributed by atoms with Crippen LogP contribution < -0.4 is 5.73 Å². The summed E-state index contributed by atoms with van der Waals surface area (Å²) in [6.07, 6.45) is 1.48. The van der Waals surface area contributed by atoms with Crippen LogP contribution in [0.1, 0.15) is 39.7 Å². The number of hydrogen-bond acceptors (Lipinski definition) is 3. The third-order valence-electron chi connectivity index (χ3n) is 2.69. The summed E-state index contributed by atoms with van der Waals surface area (Å²) < 4.78 is 5.42. The number of benzene rings is 1. The van der Waals surface area contributed by atoms with E-state index in [1.807, 2.05) is 52.0 Å². The largest absolute Gasteiger partial charge is 0.460 e. The number of carbonyl (C=O) groups excluding carboxylic acids is 1. The second kappa shape index (κ2) is 5.89. The van der Waals surface area contributed by atoms with Gasteiger partial charge in [-0.3, -0.25) is 4.79 Å². The Kier molecular flexibility index (Phi) is 4.76. The van der Waals surface area contributed by atoms with E-state index in [4.69, 9.17) is 10.5 Å². The highest BCUT2D eigenvalue weighted by atomic mass is 16.6. The molecule has 3 heteroatoms. The second-order valence-corrected chi connectivity index (χ2v) is 5.58. The van der Waals surface area contributed by atoms with Gasteiger partial charge in [-0.25, -0.2) is 0 Å². The van der Waals surface area contributed by atoms with Crippen molar-refractivity contribution in [1.82, 2.24) is 0 Å². The quantitative estimate of drug-likeness (QED) is 0.658. The van der Waals surface area contributed by atoms with Crippen LogP contribution in [-0.4, -0.2) is 11.6 Å². The first kappa shape index (κ1) is 14.6. The van der Waals surface area contributed by atoms with Crippen LogP contribution in [0.5, 0.6) is 0 Å². The summed E-state index contributed by atoms with van der Waals surface area (Å²) in [7, 11) is 0. The van der Waals surface area contributed by atoms with Crippen molar-refractivity contribution < 1.29 is 9.53 Å². The Morgan fingerprint density at radius 1 is 1.28 bits per heavy atom. The van der Waals surface area contributed by atoms with Gasteiger partial charge in [-0.1, -0.05) is 19.1 Å². The van der Waals surface area contributed by atoms with Gasteiger partial charge in [0.05, 0.1) is 5.92 Å². The molecule has 1 atom stereocenters. The first-order chi connectivity index (χ1) is 8.31. The molecule has 1 unspecified atom stereocenters. The second-order valence-electron chi connectivity index (χ2n) is 5.58. The molecular weight excluding hydrogens is 226 g/mol. The Bertz CT molecular complexity index is 390. The molecule has 3 nitrogen and oxygen atoms in total. The molecule has 0 heterocycles. The van der Waals surface area contributed by atoms with Crippen molar-refractivity contribution >= 4 is 11.7 Å². The van der Waals surface area contributed by atoms with Gasteiger partial charge in [-0.05, 0) is 51.3 Å². The molecule has 0 saturated carbocycles. The van der Waals surface area contributed by atoms with E-state index in [9.17, 15) is 4.79 Å². The minimum absolute atomic E-state index is 0.0900. The van der Waals surface area contributed by atoms with E-state index in [0.29, 0.717) is 6.42 Å². The Hall–Kier alpha value is -1.51. The lowest BCUT2D eigenvalue weighted by Gasteiger charge is -2.23. The molecule has 0 aliphatic heterocycles. The third kappa shape index (κ3) is 4.78. The van der Waals surface area contributed by atoms with Gasteiger partial charge in [0.25, 0.3) is 0 Å². The van der Waals surface area contributed by atoms with E-state index >= 15 is 0 Å². The molecule has 0 radical (unpaired) electrons. The number of ether oxygens (including phenoxy) is 1. The van der Waals surface area contributed by atoms with E-state index in [-0.39, 0.29) is 11.9 Å². The normalized spacial score (nSPS) is 13.1. The molecule has 0 amide bonds. The van der Waals surface area contributed by atoms with Gasteiger partial charge in [-0.2, -0.15) is 0 Å². The van der Waals surface area contributed by atoms with Crippen LogP contribution in [0, 0.1) is 5.92 Å². The summed E-state index contributed by atoms with van der Waals surface area (Å²) in [5.74, 6) is -0.213. The Morgan fingerprint density at radius 2 is 1.83 bits per heavy atom. The average Bonchev–Trinajstić information content (AvgIpc) is 2.25. The zero-order chi connectivity index (χ0) is 13.8. The van der Waals surface area contributed by atoms with Crippen molar-refractivity contribution in [2.75, 3.05) is 5.73 Å². The smallest absolute Gasteiger partial charge is 0.309 e. The molecule has 0 bridgehead atoms. The molecule has 0 aliphatic rings. The van der Waals surface area contributed by atoms with Crippen molar-refractivity contribution in [3.8, 4) is 0 Å². The van der Waals surface area contributed by atoms with Gasteiger partial charge in [0.2, 0.25) is 0 Å². The van der Waals surface area contributed by atoms with Gasteiger partial charge in [-0.15, -0.1) is 0 Å². The minimum atomic E-state index is -0.425. The zero-order valence-electron chi connectivity index (χ0n) is 11.7. The van der Waals surface area contributed by atoms with E-state index in [1.54, 1.807) is 0 Å². The molecule has 0 spiro atoms. The summed E-state index contributed by atoms with van der Waals surface area (Å²) in [6, 6.07) is 7.64. The topological polar surface area (TPSA) is 52.3 Å². The van der Waals surface area contributed by atoms with Crippen molar-refractivity contribution in [2.45, 2.75) is 46.1 Å². The van der Waals surface area contributed by atoms with Crippen molar-refractivity contribution in [2.24, 2.45) is 5.92 Å². The lowest BCUT2D eigenvalue weighted by Crippen LogP contribution is -2.29. The number of rotatable bonds is 4. The Balaban J connectivity index is 2.67. The van der Waals surface area contributed by atoms with Gasteiger partial charge in [0.15, 0.2) is 0 Å². The molecule has 1 rings (SSSR count). The third-order valence-corrected chi connectivity index (χ3v) is 2.69. The van der Waals surface area contributed by atoms with Crippen LogP contribution in [0.25, 0.3) is 0 Å². The molecule has 0 saturated heterocycles. The van der Waals surface area contributed by atoms with Crippen LogP contribution in [0.15, 0.2) is 24.3 Å². The summed E-state index contributed by atoms with van der Waals surface area (Å²) >= 11 is 0. The predicted molar refractivity (Wildman–Crippen MR) is 74.2 cm³/mol. The number of esters is 1. The molecule has 0 aliphatic carbocycles. The fourth-order valence-electron chi connectivity index (χ4n) is 1.72. The minimum Gasteiger partial charge on any atom is -0.460 e. The van der Waals surface area contributed by atoms with Crippen LogP contribution in [0.4, 0.5) is 5.69 Å². The van der Waals surface area contributed by atoms with E-state index in [0.717, 1.165) is 17.7 Å². The molecule has 1 aromatic carbocycles. The van der Waals surface area contributed by atoms with Gasteiger partial charge in [0.1, 0.15) is 5.60 Å². The average molecular weight is 249 g/mol. The lowest BCUT2D eigenvalue weighted by molar-refractivity contribution is -0.160. The number of carbonyl (C=O) groups is 1. The summed E-state index contributed by atoms with van der Waals surface area (Å²) in [4.78, 5) is 12.0. The number of anilines is 1. The van der Waals surface area contributed by atoms with Crippen molar-refractivity contribution in [3.05, 3.63) is 29.8 Å². The maximum Gasteiger partial charge on any atom is 0.309 e. The molecule has 0 fully saturated rings. The first-order valence-corrected chi connectivity index (χ1v) is 6.39. The molecule has 18 heavy (non-hydrogen) atoms. The fourth-order valence-corrected chi connectivity index (χ4v) is 1.72. The molecule has 2 N–H and O–H groups in total. The molecule has 100 valence electrons.